The second kappa shape index (κ2) is 13.4. The van der Waals surface area contributed by atoms with Gasteiger partial charge in [0.2, 0.25) is 17.7 Å². The van der Waals surface area contributed by atoms with Gasteiger partial charge in [0.25, 0.3) is 0 Å². The fourth-order valence-corrected chi connectivity index (χ4v) is 7.40. The lowest BCUT2D eigenvalue weighted by atomic mass is 9.64. The minimum Gasteiger partial charge on any atom is -0.494 e. The van der Waals surface area contributed by atoms with E-state index in [-0.39, 0.29) is 37.4 Å². The van der Waals surface area contributed by atoms with Crippen LogP contribution in [0, 0.1) is 11.8 Å². The minimum absolute atomic E-state index is 0.00301. The maximum Gasteiger partial charge on any atom is 0.248 e. The maximum absolute atomic E-state index is 14.6. The lowest BCUT2D eigenvalue weighted by Crippen LogP contribution is -2.56. The molecule has 4 rings (SSSR count). The molecule has 3 heterocycles. The van der Waals surface area contributed by atoms with Gasteiger partial charge >= 0.3 is 0 Å². The first-order valence-corrected chi connectivity index (χ1v) is 15.4. The van der Waals surface area contributed by atoms with Gasteiger partial charge in [0.1, 0.15) is 17.4 Å². The van der Waals surface area contributed by atoms with Gasteiger partial charge in [-0.3, -0.25) is 14.4 Å². The topological polar surface area (TPSA) is 99.6 Å². The Bertz CT molecular complexity index is 1150. The molecule has 2 bridgehead atoms. The van der Waals surface area contributed by atoms with Crippen molar-refractivity contribution >= 4 is 23.4 Å². The van der Waals surface area contributed by atoms with Gasteiger partial charge in [-0.05, 0) is 56.9 Å². The summed E-state index contributed by atoms with van der Waals surface area (Å²) in [5.74, 6) is -1.62. The number of rotatable bonds is 16. The molecule has 3 saturated heterocycles. The fraction of sp³-hybridized carbons (Fsp3) is 0.606. The van der Waals surface area contributed by atoms with Crippen molar-refractivity contribution < 1.29 is 29.0 Å². The Morgan fingerprint density at radius 3 is 2.40 bits per heavy atom. The molecule has 0 aromatic heterocycles. The van der Waals surface area contributed by atoms with Crippen LogP contribution in [0.3, 0.4) is 0 Å². The normalized spacial score (nSPS) is 27.6. The highest BCUT2D eigenvalue weighted by molar-refractivity contribution is 6.03. The lowest BCUT2D eigenvalue weighted by Gasteiger charge is -2.37. The van der Waals surface area contributed by atoms with Crippen LogP contribution in [0.25, 0.3) is 0 Å². The summed E-state index contributed by atoms with van der Waals surface area (Å²) < 4.78 is 12.5. The van der Waals surface area contributed by atoms with Gasteiger partial charge < -0.3 is 29.3 Å². The van der Waals surface area contributed by atoms with Crippen LogP contribution < -0.4 is 9.64 Å². The van der Waals surface area contributed by atoms with Crippen molar-refractivity contribution in [1.29, 1.82) is 0 Å². The number of unbranched alkanes of at least 4 members (excludes halogenated alkanes) is 2. The zero-order valence-electron chi connectivity index (χ0n) is 25.4. The summed E-state index contributed by atoms with van der Waals surface area (Å²) in [5, 5.41) is 9.96. The molecule has 230 valence electrons. The predicted molar refractivity (Wildman–Crippen MR) is 162 cm³/mol. The van der Waals surface area contributed by atoms with Gasteiger partial charge in [0.15, 0.2) is 0 Å². The number of benzene rings is 1. The Morgan fingerprint density at radius 2 is 1.81 bits per heavy atom. The van der Waals surface area contributed by atoms with Crippen molar-refractivity contribution in [3.63, 3.8) is 0 Å². The first kappa shape index (κ1) is 31.8. The molecule has 3 aliphatic heterocycles. The SMILES string of the molecule is C=CCN(CCCCC)C(=O)C1N(CCO)C(=O)[C@@H]2[C@@H](C(=O)N(CC=C)c3ccc(OCC)cc3)[C@@]3(CC)CCC12O3. The number of hydrogen-bond acceptors (Lipinski definition) is 6. The molecule has 9 heteroatoms. The van der Waals surface area contributed by atoms with Crippen LogP contribution in [0.1, 0.15) is 59.3 Å². The van der Waals surface area contributed by atoms with Crippen LogP contribution >= 0.6 is 0 Å². The number of anilines is 1. The van der Waals surface area contributed by atoms with Crippen LogP contribution in [0.15, 0.2) is 49.6 Å². The minimum atomic E-state index is -1.14. The van der Waals surface area contributed by atoms with E-state index in [0.717, 1.165) is 19.3 Å². The number of β-amino-alcohol motifs (C(OH)–C–C–N with tert-alkyl or cyclic N) is 1. The smallest absolute Gasteiger partial charge is 0.248 e. The van der Waals surface area contributed by atoms with E-state index in [0.29, 0.717) is 50.4 Å². The third kappa shape index (κ3) is 5.37. The van der Waals surface area contributed by atoms with Gasteiger partial charge in [0, 0.05) is 31.9 Å². The summed E-state index contributed by atoms with van der Waals surface area (Å²) >= 11 is 0. The average molecular weight is 582 g/mol. The number of aliphatic hydroxyl groups is 1. The summed E-state index contributed by atoms with van der Waals surface area (Å²) in [6, 6.07) is 6.40. The van der Waals surface area contributed by atoms with Crippen molar-refractivity contribution in [2.45, 2.75) is 76.5 Å². The molecule has 42 heavy (non-hydrogen) atoms. The molecule has 9 nitrogen and oxygen atoms in total. The maximum atomic E-state index is 14.6. The van der Waals surface area contributed by atoms with E-state index in [1.807, 2.05) is 38.1 Å². The van der Waals surface area contributed by atoms with Gasteiger partial charge in [-0.25, -0.2) is 0 Å². The average Bonchev–Trinajstić information content (AvgIpc) is 3.59. The Labute approximate surface area is 250 Å². The molecule has 2 unspecified atom stereocenters. The van der Waals surface area contributed by atoms with Gasteiger partial charge in [-0.2, -0.15) is 0 Å². The largest absolute Gasteiger partial charge is 0.494 e. The Morgan fingerprint density at radius 1 is 1.10 bits per heavy atom. The second-order valence-corrected chi connectivity index (χ2v) is 11.5. The number of carbonyl (C=O) groups excluding carboxylic acids is 3. The van der Waals surface area contributed by atoms with Crippen LogP contribution in [0.2, 0.25) is 0 Å². The highest BCUT2D eigenvalue weighted by atomic mass is 16.5. The number of carbonyl (C=O) groups is 3. The first-order valence-electron chi connectivity index (χ1n) is 15.4. The highest BCUT2D eigenvalue weighted by Crippen LogP contribution is 2.64. The third-order valence-electron chi connectivity index (χ3n) is 9.25. The van der Waals surface area contributed by atoms with Crippen LogP contribution in [-0.4, -0.2) is 89.3 Å². The standard InChI is InChI=1S/C33H47N3O6/c1-6-11-12-21-34(19-7-2)31(40)28-33-18-17-32(9-4,42-33)26(27(33)30(39)36(28)22-23-37)29(38)35(20-8-3)24-13-15-25(16-14-24)41-10-5/h7-8,13-16,26-28,37H,2-3,6,9-12,17-23H2,1,4-5H3/t26-,27-,28?,32+,33?/m0/s1. The van der Waals surface area contributed by atoms with E-state index in [2.05, 4.69) is 20.1 Å². The van der Waals surface area contributed by atoms with Crippen molar-refractivity contribution in [1.82, 2.24) is 9.80 Å². The van der Waals surface area contributed by atoms with E-state index in [4.69, 9.17) is 9.47 Å². The molecule has 3 amide bonds. The monoisotopic (exact) mass is 581 g/mol. The summed E-state index contributed by atoms with van der Waals surface area (Å²) in [6.07, 6.45) is 7.81. The quantitative estimate of drug-likeness (QED) is 0.234. The van der Waals surface area contributed by atoms with Crippen LogP contribution in [0.4, 0.5) is 5.69 Å². The highest BCUT2D eigenvalue weighted by Gasteiger charge is 2.79. The third-order valence-corrected chi connectivity index (χ3v) is 9.25. The number of ether oxygens (including phenoxy) is 2. The van der Waals surface area contributed by atoms with E-state index in [1.54, 1.807) is 22.0 Å². The lowest BCUT2D eigenvalue weighted by molar-refractivity contribution is -0.153. The van der Waals surface area contributed by atoms with Crippen molar-refractivity contribution in [3.8, 4) is 5.75 Å². The van der Waals surface area contributed by atoms with E-state index >= 15 is 0 Å². The van der Waals surface area contributed by atoms with Crippen molar-refractivity contribution in [3.05, 3.63) is 49.6 Å². The number of fused-ring (bicyclic) bond motifs is 1. The molecular formula is C33H47N3O6. The molecule has 1 aromatic carbocycles. The fourth-order valence-electron chi connectivity index (χ4n) is 7.40. The number of aliphatic hydroxyl groups excluding tert-OH is 1. The molecule has 0 radical (unpaired) electrons. The van der Waals surface area contributed by atoms with Gasteiger partial charge in [-0.1, -0.05) is 38.8 Å². The molecule has 1 N–H and O–H groups in total. The Hall–Kier alpha value is -3.17. The van der Waals surface area contributed by atoms with E-state index < -0.39 is 29.1 Å². The van der Waals surface area contributed by atoms with Gasteiger partial charge in [0.05, 0.1) is 30.7 Å². The van der Waals surface area contributed by atoms with Crippen molar-refractivity contribution in [2.24, 2.45) is 11.8 Å². The number of amides is 3. The second-order valence-electron chi connectivity index (χ2n) is 11.5. The first-order chi connectivity index (χ1) is 20.3. The van der Waals surface area contributed by atoms with Crippen LogP contribution in [0.5, 0.6) is 5.75 Å². The molecule has 0 aliphatic carbocycles. The molecule has 3 fully saturated rings. The van der Waals surface area contributed by atoms with Gasteiger partial charge in [-0.15, -0.1) is 13.2 Å². The Balaban J connectivity index is 1.75. The molecule has 5 atom stereocenters. The Kier molecular flexibility index (Phi) is 10.1. The summed E-state index contributed by atoms with van der Waals surface area (Å²) in [7, 11) is 0. The number of likely N-dealkylation sites (tertiary alicyclic amines) is 1. The summed E-state index contributed by atoms with van der Waals surface area (Å²) in [6.45, 7) is 15.1. The number of hydrogen-bond donors (Lipinski definition) is 1. The molecule has 0 saturated carbocycles. The zero-order valence-corrected chi connectivity index (χ0v) is 25.4. The van der Waals surface area contributed by atoms with Crippen LogP contribution in [-0.2, 0) is 19.1 Å². The zero-order chi connectivity index (χ0) is 30.5. The molecular weight excluding hydrogens is 534 g/mol. The van der Waals surface area contributed by atoms with Crippen molar-refractivity contribution in [2.75, 3.05) is 44.3 Å². The molecule has 3 aliphatic rings. The van der Waals surface area contributed by atoms with E-state index in [9.17, 15) is 19.5 Å². The predicted octanol–water partition coefficient (Wildman–Crippen LogP) is 3.96. The summed E-state index contributed by atoms with van der Waals surface area (Å²) in [4.78, 5) is 48.0. The molecule has 1 spiro atoms. The number of nitrogens with zero attached hydrogens (tertiary/aromatic N) is 3. The summed E-state index contributed by atoms with van der Waals surface area (Å²) in [5.41, 5.74) is -1.33. The van der Waals surface area contributed by atoms with E-state index in [1.165, 1.54) is 4.90 Å². The molecule has 1 aromatic rings.